The number of hydrogen-bond donors (Lipinski definition) is 0. The van der Waals surface area contributed by atoms with Crippen LogP contribution < -0.4 is 4.74 Å². The molecule has 0 aliphatic carbocycles. The largest absolute Gasteiger partial charge is 0.490 e. The van der Waals surface area contributed by atoms with E-state index in [1.165, 1.54) is 11.8 Å². The van der Waals surface area contributed by atoms with Gasteiger partial charge in [0.25, 0.3) is 5.91 Å². The number of benzene rings is 1. The molecule has 1 heterocycles. The van der Waals surface area contributed by atoms with Crippen LogP contribution in [-0.2, 0) is 4.79 Å². The van der Waals surface area contributed by atoms with Crippen LogP contribution >= 0.6 is 24.0 Å². The molecule has 104 valence electrons. The quantitative estimate of drug-likeness (QED) is 0.473. The molecule has 0 atom stereocenters. The van der Waals surface area contributed by atoms with Gasteiger partial charge in [-0.2, -0.15) is 0 Å². The van der Waals surface area contributed by atoms with Crippen LogP contribution in [0, 0.1) is 0 Å². The summed E-state index contributed by atoms with van der Waals surface area (Å²) < 4.78 is 6.09. The van der Waals surface area contributed by atoms with Crippen molar-refractivity contribution in [2.75, 3.05) is 13.2 Å². The molecule has 0 saturated carbocycles. The molecule has 2 rings (SSSR count). The Labute approximate surface area is 128 Å². The maximum Gasteiger partial charge on any atom is 0.266 e. The molecule has 1 saturated heterocycles. The Hall–Kier alpha value is -1.59. The zero-order chi connectivity index (χ0) is 14.5. The second-order valence-corrected chi connectivity index (χ2v) is 5.77. The van der Waals surface area contributed by atoms with Gasteiger partial charge in [0, 0.05) is 6.54 Å². The van der Waals surface area contributed by atoms with Gasteiger partial charge >= 0.3 is 0 Å². The fourth-order valence-corrected chi connectivity index (χ4v) is 3.16. The van der Waals surface area contributed by atoms with Crippen LogP contribution in [0.4, 0.5) is 0 Å². The van der Waals surface area contributed by atoms with E-state index < -0.39 is 0 Å². The Bertz CT molecular complexity index is 581. The highest BCUT2D eigenvalue weighted by molar-refractivity contribution is 8.26. The molecule has 0 unspecified atom stereocenters. The number of thioether (sulfide) groups is 1. The van der Waals surface area contributed by atoms with Crippen LogP contribution in [0.25, 0.3) is 6.08 Å². The number of rotatable bonds is 5. The number of carbonyl (C=O) groups is 1. The number of likely N-dealkylation sites (N-methyl/N-ethyl adjacent to an activating group) is 1. The van der Waals surface area contributed by atoms with Crippen LogP contribution in [-0.4, -0.2) is 28.3 Å². The minimum atomic E-state index is -0.0279. The zero-order valence-electron chi connectivity index (χ0n) is 11.2. The molecular formula is C15H15NO2S2. The Morgan fingerprint density at radius 3 is 2.95 bits per heavy atom. The van der Waals surface area contributed by atoms with E-state index in [2.05, 4.69) is 6.58 Å². The van der Waals surface area contributed by atoms with Gasteiger partial charge in [-0.25, -0.2) is 0 Å². The first-order valence-electron chi connectivity index (χ1n) is 6.25. The van der Waals surface area contributed by atoms with Gasteiger partial charge < -0.3 is 4.74 Å². The Balaban J connectivity index is 2.21. The summed E-state index contributed by atoms with van der Waals surface area (Å²) in [5, 5.41) is 0. The van der Waals surface area contributed by atoms with Crippen LogP contribution in [0.15, 0.2) is 41.8 Å². The third kappa shape index (κ3) is 3.29. The van der Waals surface area contributed by atoms with Crippen LogP contribution in [0.2, 0.25) is 0 Å². The molecule has 1 aromatic carbocycles. The first-order chi connectivity index (χ1) is 9.65. The van der Waals surface area contributed by atoms with Crippen molar-refractivity contribution in [3.05, 3.63) is 47.4 Å². The molecular weight excluding hydrogens is 290 g/mol. The van der Waals surface area contributed by atoms with Crippen LogP contribution in [0.3, 0.4) is 0 Å². The molecule has 3 nitrogen and oxygen atoms in total. The minimum absolute atomic E-state index is 0.0279. The number of thiocarbonyl (C=S) groups is 1. The molecule has 1 aliphatic rings. The highest BCUT2D eigenvalue weighted by atomic mass is 32.2. The lowest BCUT2D eigenvalue weighted by atomic mass is 10.2. The number of nitrogens with zero attached hydrogens (tertiary/aromatic N) is 1. The van der Waals surface area contributed by atoms with E-state index in [0.717, 1.165) is 11.3 Å². The summed E-state index contributed by atoms with van der Waals surface area (Å²) in [5.41, 5.74) is 0.920. The van der Waals surface area contributed by atoms with E-state index in [0.29, 0.717) is 22.4 Å². The van der Waals surface area contributed by atoms with Crippen molar-refractivity contribution in [2.45, 2.75) is 6.92 Å². The molecule has 1 amide bonds. The molecule has 1 aromatic rings. The lowest BCUT2D eigenvalue weighted by molar-refractivity contribution is -0.121. The van der Waals surface area contributed by atoms with Crippen LogP contribution in [0.1, 0.15) is 12.5 Å². The summed E-state index contributed by atoms with van der Waals surface area (Å²) in [4.78, 5) is 14.4. The average Bonchev–Trinajstić information content (AvgIpc) is 2.71. The third-order valence-corrected chi connectivity index (χ3v) is 4.09. The van der Waals surface area contributed by atoms with Gasteiger partial charge in [-0.3, -0.25) is 9.69 Å². The number of carbonyl (C=O) groups excluding carboxylic acids is 1. The predicted molar refractivity (Wildman–Crippen MR) is 87.7 cm³/mol. The first-order valence-corrected chi connectivity index (χ1v) is 7.47. The molecule has 0 aromatic heterocycles. The van der Waals surface area contributed by atoms with Crippen molar-refractivity contribution >= 4 is 40.3 Å². The van der Waals surface area contributed by atoms with Crippen molar-refractivity contribution in [2.24, 2.45) is 0 Å². The number of ether oxygens (including phenoxy) is 1. The Kier molecular flexibility index (Phi) is 4.98. The molecule has 0 spiro atoms. The van der Waals surface area contributed by atoms with E-state index >= 15 is 0 Å². The maximum atomic E-state index is 12.1. The van der Waals surface area contributed by atoms with Gasteiger partial charge in [-0.15, -0.1) is 0 Å². The fraction of sp³-hybridized carbons (Fsp3) is 0.200. The molecule has 0 radical (unpaired) electrons. The van der Waals surface area contributed by atoms with E-state index in [-0.39, 0.29) is 5.91 Å². The average molecular weight is 305 g/mol. The van der Waals surface area contributed by atoms with Crippen molar-refractivity contribution < 1.29 is 9.53 Å². The lowest BCUT2D eigenvalue weighted by Gasteiger charge is -2.09. The fourth-order valence-electron chi connectivity index (χ4n) is 1.77. The van der Waals surface area contributed by atoms with Gasteiger partial charge in [-0.1, -0.05) is 48.8 Å². The molecule has 20 heavy (non-hydrogen) atoms. The summed E-state index contributed by atoms with van der Waals surface area (Å²) in [7, 11) is 0. The summed E-state index contributed by atoms with van der Waals surface area (Å²) in [5.74, 6) is 0.726. The minimum Gasteiger partial charge on any atom is -0.490 e. The highest BCUT2D eigenvalue weighted by Crippen LogP contribution is 2.32. The lowest BCUT2D eigenvalue weighted by Crippen LogP contribution is -2.27. The Morgan fingerprint density at radius 1 is 1.50 bits per heavy atom. The monoisotopic (exact) mass is 305 g/mol. The zero-order valence-corrected chi connectivity index (χ0v) is 12.8. The molecule has 5 heteroatoms. The summed E-state index contributed by atoms with van der Waals surface area (Å²) >= 11 is 6.52. The second-order valence-electron chi connectivity index (χ2n) is 4.10. The summed E-state index contributed by atoms with van der Waals surface area (Å²) in [6.07, 6.45) is 3.54. The first kappa shape index (κ1) is 14.8. The predicted octanol–water partition coefficient (Wildman–Crippen LogP) is 3.47. The van der Waals surface area contributed by atoms with Crippen molar-refractivity contribution in [1.82, 2.24) is 4.90 Å². The van der Waals surface area contributed by atoms with Gasteiger partial charge in [0.2, 0.25) is 0 Å². The maximum absolute atomic E-state index is 12.1. The van der Waals surface area contributed by atoms with E-state index in [4.69, 9.17) is 17.0 Å². The number of amides is 1. The standard InChI is InChI=1S/C15H15NO2S2/c1-3-8-18-12-7-5-6-11(9-12)10-13-14(17)16(4-2)15(19)20-13/h3,5-7,9-10H,1,4,8H2,2H3/b13-10-. The van der Waals surface area contributed by atoms with Gasteiger partial charge in [-0.05, 0) is 30.7 Å². The van der Waals surface area contributed by atoms with Gasteiger partial charge in [0.05, 0.1) is 4.91 Å². The topological polar surface area (TPSA) is 29.5 Å². The van der Waals surface area contributed by atoms with Crippen LogP contribution in [0.5, 0.6) is 5.75 Å². The van der Waals surface area contributed by atoms with Gasteiger partial charge in [0.1, 0.15) is 16.7 Å². The second kappa shape index (κ2) is 6.72. The smallest absolute Gasteiger partial charge is 0.266 e. The molecule has 0 bridgehead atoms. The Morgan fingerprint density at radius 2 is 2.30 bits per heavy atom. The summed E-state index contributed by atoms with van der Waals surface area (Å²) in [6.45, 7) is 6.59. The van der Waals surface area contributed by atoms with E-state index in [9.17, 15) is 4.79 Å². The van der Waals surface area contributed by atoms with Gasteiger partial charge in [0.15, 0.2) is 0 Å². The highest BCUT2D eigenvalue weighted by Gasteiger charge is 2.30. The summed E-state index contributed by atoms with van der Waals surface area (Å²) in [6, 6.07) is 7.59. The van der Waals surface area contributed by atoms with E-state index in [1.807, 2.05) is 37.3 Å². The number of hydrogen-bond acceptors (Lipinski definition) is 4. The SMILES string of the molecule is C=CCOc1cccc(/C=C2\SC(=S)N(CC)C2=O)c1. The normalized spacial score (nSPS) is 16.9. The third-order valence-electron chi connectivity index (χ3n) is 2.71. The molecule has 1 fully saturated rings. The molecule has 1 aliphatic heterocycles. The van der Waals surface area contributed by atoms with Crippen molar-refractivity contribution in [3.63, 3.8) is 0 Å². The van der Waals surface area contributed by atoms with Crippen molar-refractivity contribution in [3.8, 4) is 5.75 Å². The van der Waals surface area contributed by atoms with Crippen molar-refractivity contribution in [1.29, 1.82) is 0 Å². The van der Waals surface area contributed by atoms with E-state index in [1.54, 1.807) is 11.0 Å². The molecule has 0 N–H and O–H groups in total.